The second kappa shape index (κ2) is 4.99. The molecule has 1 amide bonds. The molecule has 0 unspecified atom stereocenters. The van der Waals surface area contributed by atoms with Gasteiger partial charge in [0.25, 0.3) is 0 Å². The second-order valence-corrected chi connectivity index (χ2v) is 3.64. The van der Waals surface area contributed by atoms with Crippen molar-refractivity contribution in [2.45, 2.75) is 13.8 Å². The summed E-state index contributed by atoms with van der Waals surface area (Å²) < 4.78 is 5.07. The third kappa shape index (κ3) is 2.52. The number of rotatable bonds is 3. The fourth-order valence-corrected chi connectivity index (χ4v) is 1.66. The van der Waals surface area contributed by atoms with Crippen LogP contribution in [0.25, 0.3) is 0 Å². The molecule has 0 spiro atoms. The summed E-state index contributed by atoms with van der Waals surface area (Å²) in [5.74, 6) is -0.111. The standard InChI is InChI=1S/C11H12ClNO3/c1-6(14)10-8(12)4-5-9(16-3)11(10)13-7(2)15/h4-5H,1-3H3,(H,13,15). The van der Waals surface area contributed by atoms with E-state index in [1.807, 2.05) is 0 Å². The van der Waals surface area contributed by atoms with Gasteiger partial charge in [-0.2, -0.15) is 0 Å². The van der Waals surface area contributed by atoms with Gasteiger partial charge >= 0.3 is 0 Å². The fourth-order valence-electron chi connectivity index (χ4n) is 1.37. The fraction of sp³-hybridized carbons (Fsp3) is 0.273. The summed E-state index contributed by atoms with van der Waals surface area (Å²) in [5, 5.41) is 2.83. The molecular weight excluding hydrogens is 230 g/mol. The lowest BCUT2D eigenvalue weighted by molar-refractivity contribution is -0.114. The molecule has 0 saturated carbocycles. The molecule has 0 aliphatic heterocycles. The van der Waals surface area contributed by atoms with Gasteiger partial charge in [0.15, 0.2) is 5.78 Å². The predicted molar refractivity (Wildman–Crippen MR) is 62.3 cm³/mol. The van der Waals surface area contributed by atoms with Crippen molar-refractivity contribution < 1.29 is 14.3 Å². The van der Waals surface area contributed by atoms with E-state index in [1.54, 1.807) is 12.1 Å². The van der Waals surface area contributed by atoms with Gasteiger partial charge in [0, 0.05) is 6.92 Å². The molecule has 1 rings (SSSR count). The lowest BCUT2D eigenvalue weighted by atomic mass is 10.1. The summed E-state index contributed by atoms with van der Waals surface area (Å²) in [7, 11) is 1.46. The zero-order valence-electron chi connectivity index (χ0n) is 9.26. The largest absolute Gasteiger partial charge is 0.495 e. The maximum Gasteiger partial charge on any atom is 0.221 e. The van der Waals surface area contributed by atoms with Crippen molar-refractivity contribution in [3.8, 4) is 5.75 Å². The molecule has 0 bridgehead atoms. The van der Waals surface area contributed by atoms with Crippen LogP contribution in [0.2, 0.25) is 5.02 Å². The summed E-state index contributed by atoms with van der Waals surface area (Å²) in [5.41, 5.74) is 0.575. The Bertz CT molecular complexity index is 443. The molecule has 0 radical (unpaired) electrons. The van der Waals surface area contributed by atoms with Gasteiger partial charge in [-0.3, -0.25) is 9.59 Å². The molecule has 1 N–H and O–H groups in total. The lowest BCUT2D eigenvalue weighted by Gasteiger charge is -2.13. The van der Waals surface area contributed by atoms with E-state index in [2.05, 4.69) is 5.32 Å². The molecule has 0 fully saturated rings. The third-order valence-electron chi connectivity index (χ3n) is 1.99. The number of ether oxygens (including phenoxy) is 1. The quantitative estimate of drug-likeness (QED) is 0.828. The number of nitrogens with one attached hydrogen (secondary N) is 1. The summed E-state index contributed by atoms with van der Waals surface area (Å²) in [6.45, 7) is 2.73. The van der Waals surface area contributed by atoms with E-state index in [0.29, 0.717) is 11.4 Å². The Morgan fingerprint density at radius 1 is 1.31 bits per heavy atom. The van der Waals surface area contributed by atoms with Crippen molar-refractivity contribution in [1.82, 2.24) is 0 Å². The second-order valence-electron chi connectivity index (χ2n) is 3.24. The van der Waals surface area contributed by atoms with E-state index in [0.717, 1.165) is 0 Å². The van der Waals surface area contributed by atoms with E-state index >= 15 is 0 Å². The van der Waals surface area contributed by atoms with Gasteiger partial charge in [0.1, 0.15) is 5.75 Å². The summed E-state index contributed by atoms with van der Waals surface area (Å²) in [6.07, 6.45) is 0. The Balaban J connectivity index is 3.42. The Morgan fingerprint density at radius 3 is 2.38 bits per heavy atom. The van der Waals surface area contributed by atoms with Crippen LogP contribution in [0.5, 0.6) is 5.75 Å². The molecule has 0 heterocycles. The van der Waals surface area contributed by atoms with E-state index < -0.39 is 0 Å². The maximum atomic E-state index is 11.4. The van der Waals surface area contributed by atoms with Crippen LogP contribution in [0.15, 0.2) is 12.1 Å². The van der Waals surface area contributed by atoms with Gasteiger partial charge in [0.2, 0.25) is 5.91 Å². The molecule has 0 atom stereocenters. The highest BCUT2D eigenvalue weighted by Crippen LogP contribution is 2.34. The number of amides is 1. The van der Waals surface area contributed by atoms with Crippen molar-refractivity contribution in [2.75, 3.05) is 12.4 Å². The summed E-state index contributed by atoms with van der Waals surface area (Å²) >= 11 is 5.91. The molecule has 4 nitrogen and oxygen atoms in total. The first-order valence-corrected chi connectivity index (χ1v) is 5.00. The van der Waals surface area contributed by atoms with Crippen LogP contribution in [-0.4, -0.2) is 18.8 Å². The van der Waals surface area contributed by atoms with Crippen LogP contribution in [0.4, 0.5) is 5.69 Å². The molecule has 0 aliphatic rings. The highest BCUT2D eigenvalue weighted by atomic mass is 35.5. The Morgan fingerprint density at radius 2 is 1.94 bits per heavy atom. The van der Waals surface area contributed by atoms with E-state index in [1.165, 1.54) is 21.0 Å². The van der Waals surface area contributed by atoms with Crippen LogP contribution in [0, 0.1) is 0 Å². The average molecular weight is 242 g/mol. The van der Waals surface area contributed by atoms with Gasteiger partial charge in [-0.05, 0) is 19.1 Å². The molecule has 5 heteroatoms. The first kappa shape index (κ1) is 12.5. The monoisotopic (exact) mass is 241 g/mol. The normalized spacial score (nSPS) is 9.75. The third-order valence-corrected chi connectivity index (χ3v) is 2.30. The summed E-state index contributed by atoms with van der Waals surface area (Å²) in [4.78, 5) is 22.5. The average Bonchev–Trinajstić information content (AvgIpc) is 2.16. The van der Waals surface area contributed by atoms with Crippen molar-refractivity contribution in [3.05, 3.63) is 22.7 Å². The number of hydrogen-bond acceptors (Lipinski definition) is 3. The topological polar surface area (TPSA) is 55.4 Å². The molecule has 0 aromatic heterocycles. The maximum absolute atomic E-state index is 11.4. The molecule has 0 aliphatic carbocycles. The first-order valence-electron chi connectivity index (χ1n) is 4.62. The Labute approximate surface area is 98.5 Å². The minimum atomic E-state index is -0.289. The minimum absolute atomic E-state index is 0.229. The number of Topliss-reactive ketones (excluding diaryl/α,β-unsaturated/α-hetero) is 1. The number of ketones is 1. The molecule has 0 saturated heterocycles. The SMILES string of the molecule is COc1ccc(Cl)c(C(C)=O)c1NC(C)=O. The highest BCUT2D eigenvalue weighted by Gasteiger charge is 2.17. The van der Waals surface area contributed by atoms with Gasteiger partial charge in [-0.25, -0.2) is 0 Å². The lowest BCUT2D eigenvalue weighted by Crippen LogP contribution is -2.11. The molecular formula is C11H12ClNO3. The van der Waals surface area contributed by atoms with Crippen molar-refractivity contribution in [3.63, 3.8) is 0 Å². The highest BCUT2D eigenvalue weighted by molar-refractivity contribution is 6.35. The Hall–Kier alpha value is -1.55. The predicted octanol–water partition coefficient (Wildman–Crippen LogP) is 2.51. The molecule has 16 heavy (non-hydrogen) atoms. The van der Waals surface area contributed by atoms with Crippen LogP contribution in [0.1, 0.15) is 24.2 Å². The number of halogens is 1. The van der Waals surface area contributed by atoms with Gasteiger partial charge in [-0.1, -0.05) is 11.6 Å². The molecule has 1 aromatic rings. The number of hydrogen-bond donors (Lipinski definition) is 1. The van der Waals surface area contributed by atoms with Crippen molar-refractivity contribution >= 4 is 29.0 Å². The van der Waals surface area contributed by atoms with E-state index in [-0.39, 0.29) is 22.3 Å². The number of methoxy groups -OCH3 is 1. The van der Waals surface area contributed by atoms with E-state index in [9.17, 15) is 9.59 Å². The van der Waals surface area contributed by atoms with Gasteiger partial charge in [0.05, 0.1) is 23.4 Å². The van der Waals surface area contributed by atoms with Crippen LogP contribution < -0.4 is 10.1 Å². The van der Waals surface area contributed by atoms with E-state index in [4.69, 9.17) is 16.3 Å². The number of carbonyl (C=O) groups excluding carboxylic acids is 2. The zero-order valence-corrected chi connectivity index (χ0v) is 10.0. The number of benzene rings is 1. The molecule has 1 aromatic carbocycles. The van der Waals surface area contributed by atoms with Gasteiger partial charge in [-0.15, -0.1) is 0 Å². The van der Waals surface area contributed by atoms with Crippen molar-refractivity contribution in [2.24, 2.45) is 0 Å². The Kier molecular flexibility index (Phi) is 3.90. The summed E-state index contributed by atoms with van der Waals surface area (Å²) in [6, 6.07) is 3.16. The number of anilines is 1. The van der Waals surface area contributed by atoms with Crippen LogP contribution in [-0.2, 0) is 4.79 Å². The molecule has 86 valence electrons. The van der Waals surface area contributed by atoms with Gasteiger partial charge < -0.3 is 10.1 Å². The van der Waals surface area contributed by atoms with Crippen LogP contribution >= 0.6 is 11.6 Å². The zero-order chi connectivity index (χ0) is 12.3. The van der Waals surface area contributed by atoms with Crippen molar-refractivity contribution in [1.29, 1.82) is 0 Å². The first-order chi connectivity index (χ1) is 7.47. The number of carbonyl (C=O) groups is 2. The smallest absolute Gasteiger partial charge is 0.221 e. The minimum Gasteiger partial charge on any atom is -0.495 e. The van der Waals surface area contributed by atoms with Crippen LogP contribution in [0.3, 0.4) is 0 Å².